The van der Waals surface area contributed by atoms with E-state index < -0.39 is 0 Å². The number of rotatable bonds is 11. The van der Waals surface area contributed by atoms with Gasteiger partial charge in [-0.15, -0.1) is 0 Å². The second kappa shape index (κ2) is 12.3. The fraction of sp³-hybridized carbons (Fsp3) is 0.296. The van der Waals surface area contributed by atoms with Crippen LogP contribution >= 0.6 is 11.6 Å². The number of methoxy groups -OCH3 is 1. The summed E-state index contributed by atoms with van der Waals surface area (Å²) < 4.78 is 35.9. The molecule has 0 fully saturated rings. The molecule has 3 aromatic carbocycles. The number of hydrogen-bond donors (Lipinski definition) is 0. The first-order chi connectivity index (χ1) is 16.3. The van der Waals surface area contributed by atoms with Gasteiger partial charge < -0.3 is 18.9 Å². The van der Waals surface area contributed by atoms with Gasteiger partial charge in [-0.3, -0.25) is 4.79 Å². The number of carbonyl (C=O) groups excluding carboxylic acids is 1. The van der Waals surface area contributed by atoms with Crippen LogP contribution in [-0.2, 0) is 16.0 Å². The molecule has 0 unspecified atom stereocenters. The minimum Gasteiger partial charge on any atom is -0.493 e. The molecule has 5 nitrogen and oxygen atoms in total. The number of hydrogen-bond acceptors (Lipinski definition) is 5. The van der Waals surface area contributed by atoms with Crippen LogP contribution in [0.25, 0.3) is 0 Å². The molecule has 0 heterocycles. The van der Waals surface area contributed by atoms with Crippen LogP contribution in [0.4, 0.5) is 4.39 Å². The van der Waals surface area contributed by atoms with E-state index in [1.165, 1.54) is 19.2 Å². The predicted molar refractivity (Wildman–Crippen MR) is 130 cm³/mol. The van der Waals surface area contributed by atoms with Gasteiger partial charge in [0.25, 0.3) is 0 Å². The molecule has 3 aromatic rings. The van der Waals surface area contributed by atoms with Crippen molar-refractivity contribution in [3.05, 3.63) is 82.6 Å². The lowest BCUT2D eigenvalue weighted by Gasteiger charge is -2.18. The first-order valence-corrected chi connectivity index (χ1v) is 11.4. The van der Waals surface area contributed by atoms with Crippen molar-refractivity contribution in [2.75, 3.05) is 13.7 Å². The molecule has 0 aliphatic carbocycles. The Morgan fingerprint density at radius 1 is 1.03 bits per heavy atom. The summed E-state index contributed by atoms with van der Waals surface area (Å²) in [4.78, 5) is 11.4. The summed E-state index contributed by atoms with van der Waals surface area (Å²) in [6.07, 6.45) is 1.44. The lowest BCUT2D eigenvalue weighted by Crippen LogP contribution is -2.16. The van der Waals surface area contributed by atoms with E-state index in [9.17, 15) is 9.18 Å². The Morgan fingerprint density at radius 3 is 2.59 bits per heavy atom. The molecule has 0 N–H and O–H groups in total. The highest BCUT2D eigenvalue weighted by molar-refractivity contribution is 6.30. The Balaban J connectivity index is 1.54. The summed E-state index contributed by atoms with van der Waals surface area (Å²) in [5, 5.41) is 0.486. The van der Waals surface area contributed by atoms with Gasteiger partial charge in [-0.25, -0.2) is 4.39 Å². The van der Waals surface area contributed by atoms with Gasteiger partial charge in [0.1, 0.15) is 17.3 Å². The maximum Gasteiger partial charge on any atom is 0.305 e. The molecule has 0 radical (unpaired) electrons. The maximum atomic E-state index is 13.5. The average molecular weight is 487 g/mol. The fourth-order valence-electron chi connectivity index (χ4n) is 3.31. The van der Waals surface area contributed by atoms with Gasteiger partial charge in [-0.1, -0.05) is 23.7 Å². The van der Waals surface area contributed by atoms with Gasteiger partial charge in [0.15, 0.2) is 11.5 Å². The number of esters is 1. The van der Waals surface area contributed by atoms with Crippen molar-refractivity contribution in [1.82, 2.24) is 0 Å². The lowest BCUT2D eigenvalue weighted by molar-refractivity contribution is -0.140. The van der Waals surface area contributed by atoms with Crippen LogP contribution in [0, 0.1) is 12.7 Å². The van der Waals surface area contributed by atoms with E-state index in [1.807, 2.05) is 32.0 Å². The number of benzene rings is 3. The third kappa shape index (κ3) is 7.66. The van der Waals surface area contributed by atoms with Crippen molar-refractivity contribution >= 4 is 17.6 Å². The van der Waals surface area contributed by atoms with Gasteiger partial charge in [0.05, 0.1) is 19.8 Å². The second-order valence-electron chi connectivity index (χ2n) is 7.88. The van der Waals surface area contributed by atoms with Crippen molar-refractivity contribution in [1.29, 1.82) is 0 Å². The monoisotopic (exact) mass is 486 g/mol. The Morgan fingerprint density at radius 2 is 1.85 bits per heavy atom. The largest absolute Gasteiger partial charge is 0.493 e. The fourth-order valence-corrected chi connectivity index (χ4v) is 3.47. The average Bonchev–Trinajstić information content (AvgIpc) is 2.80. The SMILES string of the molecule is COC(=O)CCc1ccc(OCC[C@@H](C)Oc2ccc(Cl)cc2Oc2cccc(F)c2)cc1C. The Kier molecular flexibility index (Phi) is 9.16. The van der Waals surface area contributed by atoms with Crippen LogP contribution in [0.5, 0.6) is 23.0 Å². The smallest absolute Gasteiger partial charge is 0.305 e. The van der Waals surface area contributed by atoms with Gasteiger partial charge in [0.2, 0.25) is 0 Å². The molecule has 34 heavy (non-hydrogen) atoms. The molecular formula is C27H28ClFO5. The lowest BCUT2D eigenvalue weighted by atomic mass is 10.0. The topological polar surface area (TPSA) is 54.0 Å². The summed E-state index contributed by atoms with van der Waals surface area (Å²) in [5.41, 5.74) is 2.15. The van der Waals surface area contributed by atoms with E-state index in [4.69, 9.17) is 30.5 Å². The normalized spacial score (nSPS) is 11.6. The van der Waals surface area contributed by atoms with Crippen molar-refractivity contribution in [2.45, 2.75) is 39.2 Å². The van der Waals surface area contributed by atoms with E-state index in [-0.39, 0.29) is 17.9 Å². The van der Waals surface area contributed by atoms with Crippen LogP contribution in [-0.4, -0.2) is 25.8 Å². The Bertz CT molecular complexity index is 1120. The second-order valence-corrected chi connectivity index (χ2v) is 8.32. The highest BCUT2D eigenvalue weighted by Crippen LogP contribution is 2.35. The third-order valence-corrected chi connectivity index (χ3v) is 5.43. The van der Waals surface area contributed by atoms with E-state index in [1.54, 1.807) is 30.3 Å². The minimum absolute atomic E-state index is 0.170. The van der Waals surface area contributed by atoms with E-state index in [0.717, 1.165) is 16.9 Å². The number of aryl methyl sites for hydroxylation is 2. The van der Waals surface area contributed by atoms with Crippen LogP contribution < -0.4 is 14.2 Å². The van der Waals surface area contributed by atoms with E-state index in [0.29, 0.717) is 48.1 Å². The standard InChI is InChI=1S/C27H28ClFO5/c1-18-15-23(10-7-20(18)8-12-27(30)31-3)32-14-13-19(2)33-25-11-9-21(28)16-26(25)34-24-6-4-5-22(29)17-24/h4-7,9-11,15-17,19H,8,12-14H2,1-3H3/t19-/m1/s1. The third-order valence-electron chi connectivity index (χ3n) is 5.19. The molecule has 0 saturated carbocycles. The van der Waals surface area contributed by atoms with Gasteiger partial charge >= 0.3 is 5.97 Å². The molecule has 7 heteroatoms. The zero-order chi connectivity index (χ0) is 24.5. The first kappa shape index (κ1) is 25.4. The predicted octanol–water partition coefficient (Wildman–Crippen LogP) is 6.92. The first-order valence-electron chi connectivity index (χ1n) is 11.0. The number of ether oxygens (including phenoxy) is 4. The van der Waals surface area contributed by atoms with Gasteiger partial charge in [-0.05, 0) is 67.8 Å². The summed E-state index contributed by atoms with van der Waals surface area (Å²) in [7, 11) is 1.39. The van der Waals surface area contributed by atoms with E-state index in [2.05, 4.69) is 0 Å². The van der Waals surface area contributed by atoms with Crippen molar-refractivity contribution in [2.24, 2.45) is 0 Å². The molecule has 3 rings (SSSR count). The molecule has 180 valence electrons. The van der Waals surface area contributed by atoms with Crippen molar-refractivity contribution in [3.8, 4) is 23.0 Å². The summed E-state index contributed by atoms with van der Waals surface area (Å²) in [6, 6.07) is 16.8. The maximum absolute atomic E-state index is 13.5. The van der Waals surface area contributed by atoms with E-state index >= 15 is 0 Å². The number of halogens is 2. The van der Waals surface area contributed by atoms with Gasteiger partial charge in [0, 0.05) is 30.0 Å². The molecule has 0 amide bonds. The van der Waals surface area contributed by atoms with Crippen LogP contribution in [0.3, 0.4) is 0 Å². The molecule has 0 aromatic heterocycles. The molecule has 0 aliphatic rings. The Labute approximate surface area is 204 Å². The van der Waals surface area contributed by atoms with Crippen LogP contribution in [0.15, 0.2) is 60.7 Å². The van der Waals surface area contributed by atoms with Crippen molar-refractivity contribution < 1.29 is 28.1 Å². The van der Waals surface area contributed by atoms with Crippen molar-refractivity contribution in [3.63, 3.8) is 0 Å². The zero-order valence-corrected chi connectivity index (χ0v) is 20.2. The highest BCUT2D eigenvalue weighted by atomic mass is 35.5. The molecule has 0 spiro atoms. The zero-order valence-electron chi connectivity index (χ0n) is 19.5. The van der Waals surface area contributed by atoms with Gasteiger partial charge in [-0.2, -0.15) is 0 Å². The van der Waals surface area contributed by atoms with Crippen LogP contribution in [0.2, 0.25) is 5.02 Å². The minimum atomic E-state index is -0.390. The number of carbonyl (C=O) groups is 1. The quantitative estimate of drug-likeness (QED) is 0.275. The van der Waals surface area contributed by atoms with Crippen LogP contribution in [0.1, 0.15) is 30.9 Å². The summed E-state index contributed by atoms with van der Waals surface area (Å²) in [5.74, 6) is 1.41. The molecular weight excluding hydrogens is 459 g/mol. The Hall–Kier alpha value is -3.25. The summed E-state index contributed by atoms with van der Waals surface area (Å²) in [6.45, 7) is 4.38. The molecule has 0 saturated heterocycles. The highest BCUT2D eigenvalue weighted by Gasteiger charge is 2.13. The molecule has 1 atom stereocenters. The molecule has 0 bridgehead atoms. The summed E-state index contributed by atoms with van der Waals surface area (Å²) >= 11 is 6.12. The molecule has 0 aliphatic heterocycles.